The molecular weight excluding hydrogens is 226 g/mol. The molecule has 4 heteroatoms. The van der Waals surface area contributed by atoms with Crippen molar-refractivity contribution < 1.29 is 4.79 Å². The van der Waals surface area contributed by atoms with E-state index in [-0.39, 0.29) is 11.3 Å². The number of hydrogen-bond acceptors (Lipinski definition) is 3. The fraction of sp³-hybridized carbons (Fsp3) is 0.500. The number of nitrogens with two attached hydrogens (primary N) is 1. The monoisotopic (exact) mass is 247 g/mol. The summed E-state index contributed by atoms with van der Waals surface area (Å²) in [5, 5.41) is 2.97. The normalized spacial score (nSPS) is 26.8. The van der Waals surface area contributed by atoms with E-state index in [2.05, 4.69) is 31.5 Å². The number of hydrogen-bond donors (Lipinski definition) is 3. The second-order valence-electron chi connectivity index (χ2n) is 5.81. The average Bonchev–Trinajstić information content (AvgIpc) is 2.49. The van der Waals surface area contributed by atoms with Crippen LogP contribution in [-0.2, 0) is 4.79 Å². The molecule has 1 aliphatic carbocycles. The highest BCUT2D eigenvalue weighted by Crippen LogP contribution is 2.33. The van der Waals surface area contributed by atoms with Crippen LogP contribution in [0.4, 0.5) is 0 Å². The third-order valence-electron chi connectivity index (χ3n) is 3.31. The van der Waals surface area contributed by atoms with E-state index in [1.165, 1.54) is 0 Å². The lowest BCUT2D eigenvalue weighted by atomic mass is 9.89. The van der Waals surface area contributed by atoms with Gasteiger partial charge >= 0.3 is 0 Å². The van der Waals surface area contributed by atoms with Gasteiger partial charge in [0.1, 0.15) is 0 Å². The molecule has 0 radical (unpaired) electrons. The Morgan fingerprint density at radius 1 is 1.44 bits per heavy atom. The summed E-state index contributed by atoms with van der Waals surface area (Å²) in [7, 11) is 0. The van der Waals surface area contributed by atoms with Gasteiger partial charge in [0.2, 0.25) is 0 Å². The summed E-state index contributed by atoms with van der Waals surface area (Å²) >= 11 is 0. The van der Waals surface area contributed by atoms with Crippen molar-refractivity contribution >= 4 is 5.91 Å². The van der Waals surface area contributed by atoms with Crippen LogP contribution in [0.25, 0.3) is 0 Å². The van der Waals surface area contributed by atoms with E-state index in [4.69, 9.17) is 5.84 Å². The van der Waals surface area contributed by atoms with Gasteiger partial charge in [-0.1, -0.05) is 32.9 Å². The van der Waals surface area contributed by atoms with Gasteiger partial charge in [0.25, 0.3) is 5.91 Å². The number of hydrazine groups is 1. The SMILES string of the molecule is CC1CNC(=O)C2=CC(C)(C)C=C(NN)C=C2C1. The Morgan fingerprint density at radius 3 is 2.83 bits per heavy atom. The molecule has 2 aliphatic rings. The number of fused-ring (bicyclic) bond motifs is 1. The molecule has 1 aliphatic heterocycles. The summed E-state index contributed by atoms with van der Waals surface area (Å²) in [4.78, 5) is 12.1. The van der Waals surface area contributed by atoms with E-state index in [1.807, 2.05) is 18.2 Å². The van der Waals surface area contributed by atoms with E-state index in [0.717, 1.165) is 29.8 Å². The number of allylic oxidation sites excluding steroid dienone is 3. The lowest BCUT2D eigenvalue weighted by molar-refractivity contribution is -0.117. The topological polar surface area (TPSA) is 67.2 Å². The van der Waals surface area contributed by atoms with E-state index >= 15 is 0 Å². The number of carbonyl (C=O) groups excluding carboxylic acids is 1. The Morgan fingerprint density at radius 2 is 2.17 bits per heavy atom. The molecule has 1 amide bonds. The van der Waals surface area contributed by atoms with Crippen molar-refractivity contribution in [1.29, 1.82) is 0 Å². The van der Waals surface area contributed by atoms with E-state index in [0.29, 0.717) is 5.92 Å². The maximum Gasteiger partial charge on any atom is 0.251 e. The van der Waals surface area contributed by atoms with Crippen molar-refractivity contribution in [2.45, 2.75) is 27.2 Å². The van der Waals surface area contributed by atoms with Crippen LogP contribution < -0.4 is 16.6 Å². The fourth-order valence-corrected chi connectivity index (χ4v) is 2.49. The molecule has 0 aromatic carbocycles. The molecule has 1 fully saturated rings. The minimum absolute atomic E-state index is 0.0188. The van der Waals surface area contributed by atoms with Crippen LogP contribution in [0, 0.1) is 11.3 Å². The van der Waals surface area contributed by atoms with Crippen molar-refractivity contribution in [2.24, 2.45) is 17.2 Å². The van der Waals surface area contributed by atoms with Crippen molar-refractivity contribution in [3.63, 3.8) is 0 Å². The smallest absolute Gasteiger partial charge is 0.251 e. The van der Waals surface area contributed by atoms with Gasteiger partial charge in [-0.3, -0.25) is 10.6 Å². The van der Waals surface area contributed by atoms with Gasteiger partial charge in [0.15, 0.2) is 0 Å². The maximum absolute atomic E-state index is 12.1. The molecule has 1 heterocycles. The molecular formula is C14H21N3O. The molecule has 4 nitrogen and oxygen atoms in total. The number of amides is 1. The Kier molecular flexibility index (Phi) is 3.30. The summed E-state index contributed by atoms with van der Waals surface area (Å²) in [6.07, 6.45) is 6.94. The molecule has 2 rings (SSSR count). The first-order valence-corrected chi connectivity index (χ1v) is 6.33. The van der Waals surface area contributed by atoms with Gasteiger partial charge in [0, 0.05) is 23.2 Å². The molecule has 98 valence electrons. The van der Waals surface area contributed by atoms with Crippen molar-refractivity contribution in [3.05, 3.63) is 35.1 Å². The molecule has 0 aromatic rings. The zero-order valence-electron chi connectivity index (χ0n) is 11.2. The predicted octanol–water partition coefficient (Wildman–Crippen LogP) is 1.38. The van der Waals surface area contributed by atoms with Gasteiger partial charge in [-0.2, -0.15) is 0 Å². The van der Waals surface area contributed by atoms with Crippen molar-refractivity contribution in [2.75, 3.05) is 6.54 Å². The number of rotatable bonds is 1. The molecule has 4 N–H and O–H groups in total. The second kappa shape index (κ2) is 4.61. The first-order chi connectivity index (χ1) is 8.41. The molecule has 1 saturated heterocycles. The maximum atomic E-state index is 12.1. The Bertz CT molecular complexity index is 458. The summed E-state index contributed by atoms with van der Waals surface area (Å²) in [5.41, 5.74) is 5.22. The summed E-state index contributed by atoms with van der Waals surface area (Å²) in [6, 6.07) is 0. The Hall–Kier alpha value is -1.55. The standard InChI is InChI=1S/C14H21N3O/c1-9-4-10-5-11(17-15)6-14(2,3)7-12(10)13(18)16-8-9/h5-7,9,17H,4,8,15H2,1-3H3,(H,16,18). The minimum Gasteiger partial charge on any atom is -0.352 e. The van der Waals surface area contributed by atoms with Gasteiger partial charge in [-0.25, -0.2) is 0 Å². The quantitative estimate of drug-likeness (QED) is 0.484. The van der Waals surface area contributed by atoms with E-state index in [1.54, 1.807) is 0 Å². The largest absolute Gasteiger partial charge is 0.352 e. The second-order valence-corrected chi connectivity index (χ2v) is 5.81. The Labute approximate surface area is 108 Å². The van der Waals surface area contributed by atoms with Gasteiger partial charge < -0.3 is 10.7 Å². The van der Waals surface area contributed by atoms with E-state index in [9.17, 15) is 4.79 Å². The molecule has 1 atom stereocenters. The zero-order valence-corrected chi connectivity index (χ0v) is 11.2. The lowest BCUT2D eigenvalue weighted by Gasteiger charge is -2.16. The Balaban J connectivity index is 2.50. The van der Waals surface area contributed by atoms with Crippen LogP contribution in [0.5, 0.6) is 0 Å². The van der Waals surface area contributed by atoms with Crippen LogP contribution in [0.3, 0.4) is 0 Å². The molecule has 0 saturated carbocycles. The lowest BCUT2D eigenvalue weighted by Crippen LogP contribution is -2.26. The van der Waals surface area contributed by atoms with Crippen molar-refractivity contribution in [3.8, 4) is 0 Å². The van der Waals surface area contributed by atoms with Crippen LogP contribution in [0.2, 0.25) is 0 Å². The summed E-state index contributed by atoms with van der Waals surface area (Å²) < 4.78 is 0. The highest BCUT2D eigenvalue weighted by molar-refractivity contribution is 5.98. The van der Waals surface area contributed by atoms with Crippen LogP contribution in [0.1, 0.15) is 27.2 Å². The van der Waals surface area contributed by atoms with Crippen LogP contribution in [-0.4, -0.2) is 12.5 Å². The van der Waals surface area contributed by atoms with Gasteiger partial charge in [-0.15, -0.1) is 0 Å². The van der Waals surface area contributed by atoms with Gasteiger partial charge in [0.05, 0.1) is 0 Å². The van der Waals surface area contributed by atoms with Crippen LogP contribution >= 0.6 is 0 Å². The summed E-state index contributed by atoms with van der Waals surface area (Å²) in [5.74, 6) is 5.99. The first-order valence-electron chi connectivity index (χ1n) is 6.33. The molecule has 0 spiro atoms. The highest BCUT2D eigenvalue weighted by Gasteiger charge is 2.27. The number of nitrogens with one attached hydrogen (secondary N) is 2. The fourth-order valence-electron chi connectivity index (χ4n) is 2.49. The number of carbonyl (C=O) groups is 1. The van der Waals surface area contributed by atoms with Gasteiger partial charge in [-0.05, 0) is 24.0 Å². The van der Waals surface area contributed by atoms with Crippen molar-refractivity contribution in [1.82, 2.24) is 10.7 Å². The molecule has 18 heavy (non-hydrogen) atoms. The van der Waals surface area contributed by atoms with Crippen LogP contribution in [0.15, 0.2) is 35.1 Å². The highest BCUT2D eigenvalue weighted by atomic mass is 16.1. The first kappa shape index (κ1) is 12.9. The zero-order chi connectivity index (χ0) is 13.3. The van der Waals surface area contributed by atoms with E-state index < -0.39 is 0 Å². The predicted molar refractivity (Wildman–Crippen MR) is 72.1 cm³/mol. The minimum atomic E-state index is -0.194. The molecule has 0 bridgehead atoms. The molecule has 1 unspecified atom stereocenters. The third-order valence-corrected chi connectivity index (χ3v) is 3.31. The third kappa shape index (κ3) is 2.64. The summed E-state index contributed by atoms with van der Waals surface area (Å²) in [6.45, 7) is 6.99. The molecule has 0 aromatic heterocycles. The average molecular weight is 247 g/mol.